The first kappa shape index (κ1) is 17.2. The Bertz CT molecular complexity index is 1190. The molecule has 4 aromatic rings. The minimum atomic E-state index is -0.246. The van der Waals surface area contributed by atoms with Crippen LogP contribution in [0.15, 0.2) is 41.5 Å². The number of nitrogens with one attached hydrogen (secondary N) is 1. The third kappa shape index (κ3) is 3.29. The Morgan fingerprint density at radius 2 is 2.07 bits per heavy atom. The molecule has 136 valence electrons. The van der Waals surface area contributed by atoms with Crippen LogP contribution in [0.4, 0.5) is 5.69 Å². The zero-order valence-corrected chi connectivity index (χ0v) is 15.6. The molecule has 0 aliphatic carbocycles. The molecule has 3 heterocycles. The summed E-state index contributed by atoms with van der Waals surface area (Å²) in [6.07, 6.45) is 4.13. The maximum absolute atomic E-state index is 12.3. The number of hydrogen-bond donors (Lipinski definition) is 2. The van der Waals surface area contributed by atoms with Gasteiger partial charge >= 0.3 is 0 Å². The van der Waals surface area contributed by atoms with Crippen LogP contribution in [0.2, 0.25) is 5.02 Å². The second kappa shape index (κ2) is 6.51. The molecule has 7 nitrogen and oxygen atoms in total. The topological polar surface area (TPSA) is 102 Å². The van der Waals surface area contributed by atoms with Gasteiger partial charge in [0.2, 0.25) is 0 Å². The molecule has 4 rings (SSSR count). The zero-order chi connectivity index (χ0) is 19.1. The SMILES string of the molecule is Cc1cn(-c2ccc(Cc3nc4cc(N)c(Cl)cc4c(=O)[nH]3)cn2)nc1C. The van der Waals surface area contributed by atoms with Gasteiger partial charge in [-0.1, -0.05) is 17.7 Å². The van der Waals surface area contributed by atoms with E-state index < -0.39 is 0 Å². The molecular weight excluding hydrogens is 364 g/mol. The maximum Gasteiger partial charge on any atom is 0.258 e. The largest absolute Gasteiger partial charge is 0.397 e. The molecule has 0 atom stereocenters. The Morgan fingerprint density at radius 3 is 2.74 bits per heavy atom. The fourth-order valence-electron chi connectivity index (χ4n) is 2.82. The standard InChI is InChI=1S/C19H17ClN6O/c1-10-9-26(25-11(10)2)18-4-3-12(8-22-18)5-17-23-16-7-15(21)14(20)6-13(16)19(27)24-17/h3-4,6-9H,5,21H2,1-2H3,(H,23,24,27). The van der Waals surface area contributed by atoms with Gasteiger partial charge in [-0.05, 0) is 43.2 Å². The van der Waals surface area contributed by atoms with Crippen molar-refractivity contribution in [2.24, 2.45) is 0 Å². The van der Waals surface area contributed by atoms with E-state index in [-0.39, 0.29) is 5.56 Å². The number of aromatic amines is 1. The van der Waals surface area contributed by atoms with Gasteiger partial charge in [-0.15, -0.1) is 0 Å². The molecule has 8 heteroatoms. The number of H-pyrrole nitrogens is 1. The molecule has 27 heavy (non-hydrogen) atoms. The minimum Gasteiger partial charge on any atom is -0.397 e. The second-order valence-electron chi connectivity index (χ2n) is 6.45. The molecule has 0 radical (unpaired) electrons. The van der Waals surface area contributed by atoms with Gasteiger partial charge in [-0.2, -0.15) is 5.10 Å². The van der Waals surface area contributed by atoms with Gasteiger partial charge in [0, 0.05) is 18.8 Å². The van der Waals surface area contributed by atoms with E-state index in [1.165, 1.54) is 6.07 Å². The Labute approximate surface area is 159 Å². The maximum atomic E-state index is 12.3. The third-order valence-electron chi connectivity index (χ3n) is 4.43. The number of benzene rings is 1. The summed E-state index contributed by atoms with van der Waals surface area (Å²) in [7, 11) is 0. The molecule has 3 N–H and O–H groups in total. The summed E-state index contributed by atoms with van der Waals surface area (Å²) in [5, 5.41) is 5.18. The van der Waals surface area contributed by atoms with Crippen LogP contribution in [0.25, 0.3) is 16.7 Å². The van der Waals surface area contributed by atoms with Crippen molar-refractivity contribution in [1.29, 1.82) is 0 Å². The van der Waals surface area contributed by atoms with Gasteiger partial charge in [0.25, 0.3) is 5.56 Å². The molecule has 0 saturated heterocycles. The monoisotopic (exact) mass is 380 g/mol. The van der Waals surface area contributed by atoms with E-state index in [1.54, 1.807) is 16.9 Å². The lowest BCUT2D eigenvalue weighted by Crippen LogP contribution is -2.12. The first-order valence-corrected chi connectivity index (χ1v) is 8.74. The summed E-state index contributed by atoms with van der Waals surface area (Å²) >= 11 is 5.98. The number of aryl methyl sites for hydroxylation is 2. The molecule has 0 fully saturated rings. The van der Waals surface area contributed by atoms with E-state index in [9.17, 15) is 4.79 Å². The first-order valence-electron chi connectivity index (χ1n) is 8.37. The molecule has 0 aliphatic rings. The van der Waals surface area contributed by atoms with Crippen LogP contribution in [0.3, 0.4) is 0 Å². The number of nitrogens with two attached hydrogens (primary N) is 1. The first-order chi connectivity index (χ1) is 12.9. The van der Waals surface area contributed by atoms with E-state index in [2.05, 4.69) is 20.1 Å². The smallest absolute Gasteiger partial charge is 0.258 e. The molecule has 0 saturated carbocycles. The number of aromatic nitrogens is 5. The Hall–Kier alpha value is -3.19. The van der Waals surface area contributed by atoms with Crippen molar-refractivity contribution in [3.05, 3.63) is 74.7 Å². The van der Waals surface area contributed by atoms with Crippen LogP contribution in [-0.2, 0) is 6.42 Å². The van der Waals surface area contributed by atoms with Gasteiger partial charge in [0.1, 0.15) is 5.82 Å². The zero-order valence-electron chi connectivity index (χ0n) is 14.8. The summed E-state index contributed by atoms with van der Waals surface area (Å²) in [6.45, 7) is 3.97. The number of rotatable bonds is 3. The molecule has 0 spiro atoms. The van der Waals surface area contributed by atoms with Gasteiger partial charge in [0.15, 0.2) is 5.82 Å². The average Bonchev–Trinajstić information content (AvgIpc) is 2.96. The van der Waals surface area contributed by atoms with Crippen molar-refractivity contribution >= 4 is 28.2 Å². The van der Waals surface area contributed by atoms with Crippen molar-refractivity contribution in [3.63, 3.8) is 0 Å². The van der Waals surface area contributed by atoms with Crippen molar-refractivity contribution in [1.82, 2.24) is 24.7 Å². The summed E-state index contributed by atoms with van der Waals surface area (Å²) in [4.78, 5) is 24.0. The van der Waals surface area contributed by atoms with E-state index in [0.29, 0.717) is 33.9 Å². The van der Waals surface area contributed by atoms with E-state index in [1.807, 2.05) is 32.2 Å². The predicted octanol–water partition coefficient (Wildman–Crippen LogP) is 2.95. The van der Waals surface area contributed by atoms with Crippen molar-refractivity contribution in [3.8, 4) is 5.82 Å². The number of hydrogen-bond acceptors (Lipinski definition) is 5. The Balaban J connectivity index is 1.64. The Kier molecular flexibility index (Phi) is 4.16. The van der Waals surface area contributed by atoms with Gasteiger partial charge < -0.3 is 10.7 Å². The highest BCUT2D eigenvalue weighted by Crippen LogP contribution is 2.23. The van der Waals surface area contributed by atoms with Crippen LogP contribution in [0.5, 0.6) is 0 Å². The normalized spacial score (nSPS) is 11.2. The van der Waals surface area contributed by atoms with Gasteiger partial charge in [-0.25, -0.2) is 14.6 Å². The van der Waals surface area contributed by atoms with Crippen molar-refractivity contribution in [2.45, 2.75) is 20.3 Å². The van der Waals surface area contributed by atoms with Crippen LogP contribution in [0.1, 0.15) is 22.6 Å². The highest BCUT2D eigenvalue weighted by atomic mass is 35.5. The van der Waals surface area contributed by atoms with Crippen LogP contribution < -0.4 is 11.3 Å². The summed E-state index contributed by atoms with van der Waals surface area (Å²) in [6, 6.07) is 6.97. The number of halogens is 1. The fourth-order valence-corrected chi connectivity index (χ4v) is 2.99. The number of anilines is 1. The minimum absolute atomic E-state index is 0.246. The van der Waals surface area contributed by atoms with Crippen LogP contribution >= 0.6 is 11.6 Å². The predicted molar refractivity (Wildman–Crippen MR) is 105 cm³/mol. The number of pyridine rings is 1. The molecular formula is C19H17ClN6O. The number of nitrogen functional groups attached to an aromatic ring is 1. The average molecular weight is 381 g/mol. The highest BCUT2D eigenvalue weighted by molar-refractivity contribution is 6.33. The van der Waals surface area contributed by atoms with Gasteiger partial charge in [-0.3, -0.25) is 4.79 Å². The lowest BCUT2D eigenvalue weighted by Gasteiger charge is -2.06. The second-order valence-corrected chi connectivity index (χ2v) is 6.85. The van der Waals surface area contributed by atoms with Crippen molar-refractivity contribution in [2.75, 3.05) is 5.73 Å². The fraction of sp³-hybridized carbons (Fsp3) is 0.158. The third-order valence-corrected chi connectivity index (χ3v) is 4.76. The quantitative estimate of drug-likeness (QED) is 0.532. The lowest BCUT2D eigenvalue weighted by atomic mass is 10.2. The summed E-state index contributed by atoms with van der Waals surface area (Å²) in [5.74, 6) is 1.27. The molecule has 1 aromatic carbocycles. The van der Waals surface area contributed by atoms with E-state index in [0.717, 1.165) is 22.6 Å². The number of fused-ring (bicyclic) bond motifs is 1. The summed E-state index contributed by atoms with van der Waals surface area (Å²) < 4.78 is 1.75. The molecule has 0 amide bonds. The number of nitrogens with zero attached hydrogens (tertiary/aromatic N) is 4. The van der Waals surface area contributed by atoms with E-state index >= 15 is 0 Å². The van der Waals surface area contributed by atoms with Crippen LogP contribution in [-0.4, -0.2) is 24.7 Å². The molecule has 0 unspecified atom stereocenters. The van der Waals surface area contributed by atoms with E-state index in [4.69, 9.17) is 17.3 Å². The summed E-state index contributed by atoms with van der Waals surface area (Å²) in [5.41, 5.74) is 9.48. The molecule has 0 aliphatic heterocycles. The van der Waals surface area contributed by atoms with Crippen LogP contribution in [0, 0.1) is 13.8 Å². The Morgan fingerprint density at radius 1 is 1.26 bits per heavy atom. The van der Waals surface area contributed by atoms with Gasteiger partial charge in [0.05, 0.1) is 27.3 Å². The highest BCUT2D eigenvalue weighted by Gasteiger charge is 2.09. The lowest BCUT2D eigenvalue weighted by molar-refractivity contribution is 0.828. The molecule has 3 aromatic heterocycles. The molecule has 0 bridgehead atoms. The van der Waals surface area contributed by atoms with Crippen molar-refractivity contribution < 1.29 is 0 Å².